The minimum atomic E-state index is -0.887. The number of hydrogen-bond donors (Lipinski definition) is 2. The Kier molecular flexibility index (Phi) is 4.06. The fourth-order valence-corrected chi connectivity index (χ4v) is 1.46. The molecule has 0 aliphatic heterocycles. The summed E-state index contributed by atoms with van der Waals surface area (Å²) in [4.78, 5) is 10.9. The van der Waals surface area contributed by atoms with E-state index in [1.165, 1.54) is 0 Å². The minimum absolute atomic E-state index is 0.367. The Labute approximate surface area is 89.2 Å². The van der Waals surface area contributed by atoms with E-state index >= 15 is 0 Å². The predicted molar refractivity (Wildman–Crippen MR) is 60.3 cm³/mol. The molecular weight excluding hydrogens is 190 g/mol. The molecule has 0 atom stereocenters. The lowest BCUT2D eigenvalue weighted by molar-refractivity contribution is -0.132. The molecule has 0 radical (unpaired) electrons. The van der Waals surface area contributed by atoms with Gasteiger partial charge in [0, 0.05) is 5.57 Å². The summed E-state index contributed by atoms with van der Waals surface area (Å²) in [5.74, 6) is -0.887. The predicted octanol–water partition coefficient (Wildman–Crippen LogP) is 1.89. The van der Waals surface area contributed by atoms with Crippen LogP contribution >= 0.6 is 0 Å². The monoisotopic (exact) mass is 205 g/mol. The van der Waals surface area contributed by atoms with Crippen molar-refractivity contribution in [1.29, 1.82) is 0 Å². The van der Waals surface area contributed by atoms with Gasteiger partial charge in [-0.1, -0.05) is 30.3 Å². The smallest absolute Gasteiger partial charge is 0.331 e. The van der Waals surface area contributed by atoms with Gasteiger partial charge >= 0.3 is 5.97 Å². The molecule has 15 heavy (non-hydrogen) atoms. The van der Waals surface area contributed by atoms with Crippen molar-refractivity contribution in [1.82, 2.24) is 0 Å². The van der Waals surface area contributed by atoms with E-state index in [2.05, 4.69) is 0 Å². The molecule has 0 spiro atoms. The molecule has 0 saturated heterocycles. The van der Waals surface area contributed by atoms with Crippen LogP contribution in [-0.2, 0) is 4.79 Å². The number of hydrogen-bond acceptors (Lipinski definition) is 2. The topological polar surface area (TPSA) is 63.3 Å². The van der Waals surface area contributed by atoms with E-state index in [0.717, 1.165) is 11.1 Å². The van der Waals surface area contributed by atoms with Crippen LogP contribution < -0.4 is 5.73 Å². The van der Waals surface area contributed by atoms with Crippen LogP contribution in [0.4, 0.5) is 0 Å². The molecule has 1 rings (SSSR count). The minimum Gasteiger partial charge on any atom is -0.478 e. The van der Waals surface area contributed by atoms with E-state index in [1.54, 1.807) is 6.92 Å². The Morgan fingerprint density at radius 2 is 1.93 bits per heavy atom. The van der Waals surface area contributed by atoms with Gasteiger partial charge in [-0.05, 0) is 31.0 Å². The van der Waals surface area contributed by atoms with Crippen LogP contribution in [0, 0.1) is 0 Å². The molecule has 0 unspecified atom stereocenters. The van der Waals surface area contributed by atoms with Gasteiger partial charge in [0.2, 0.25) is 0 Å². The van der Waals surface area contributed by atoms with Crippen LogP contribution in [0.3, 0.4) is 0 Å². The molecule has 0 saturated carbocycles. The molecule has 3 N–H and O–H groups in total. The highest BCUT2D eigenvalue weighted by molar-refractivity contribution is 5.95. The molecule has 0 fully saturated rings. The zero-order valence-corrected chi connectivity index (χ0v) is 8.73. The Bertz CT molecular complexity index is 368. The molecule has 0 aliphatic rings. The van der Waals surface area contributed by atoms with Crippen LogP contribution in [0.2, 0.25) is 0 Å². The maximum atomic E-state index is 10.9. The summed E-state index contributed by atoms with van der Waals surface area (Å²) < 4.78 is 0. The fourth-order valence-electron chi connectivity index (χ4n) is 1.46. The largest absolute Gasteiger partial charge is 0.478 e. The number of carbonyl (C=O) groups is 1. The van der Waals surface area contributed by atoms with Crippen molar-refractivity contribution in [3.63, 3.8) is 0 Å². The van der Waals surface area contributed by atoms with Crippen molar-refractivity contribution in [2.45, 2.75) is 13.3 Å². The van der Waals surface area contributed by atoms with Crippen LogP contribution in [-0.4, -0.2) is 17.6 Å². The average molecular weight is 205 g/mol. The van der Waals surface area contributed by atoms with Crippen LogP contribution in [0.25, 0.3) is 5.57 Å². The highest BCUT2D eigenvalue weighted by Crippen LogP contribution is 2.21. The highest BCUT2D eigenvalue weighted by Gasteiger charge is 2.10. The number of aliphatic carboxylic acids is 1. The normalized spacial score (nSPS) is 12.1. The molecule has 0 aliphatic carbocycles. The first-order valence-electron chi connectivity index (χ1n) is 4.85. The van der Waals surface area contributed by atoms with Gasteiger partial charge in [-0.15, -0.1) is 0 Å². The Morgan fingerprint density at radius 3 is 2.40 bits per heavy atom. The maximum absolute atomic E-state index is 10.9. The second kappa shape index (κ2) is 5.32. The standard InChI is InChI=1S/C12H15NO2/c1-9(12(14)15)11(7-8-13)10-5-3-2-4-6-10/h2-6H,7-8,13H2,1H3,(H,14,15). The summed E-state index contributed by atoms with van der Waals surface area (Å²) in [6.45, 7) is 2.06. The van der Waals surface area contributed by atoms with Crippen LogP contribution in [0.15, 0.2) is 35.9 Å². The molecule has 0 aromatic heterocycles. The van der Waals surface area contributed by atoms with Crippen molar-refractivity contribution in [2.75, 3.05) is 6.54 Å². The average Bonchev–Trinajstić information content (AvgIpc) is 2.26. The zero-order valence-electron chi connectivity index (χ0n) is 8.73. The second-order valence-electron chi connectivity index (χ2n) is 3.31. The third kappa shape index (κ3) is 2.92. The molecule has 80 valence electrons. The Hall–Kier alpha value is -1.61. The molecule has 1 aromatic rings. The maximum Gasteiger partial charge on any atom is 0.331 e. The van der Waals surface area contributed by atoms with Gasteiger partial charge in [-0.2, -0.15) is 0 Å². The van der Waals surface area contributed by atoms with Crippen molar-refractivity contribution in [3.8, 4) is 0 Å². The van der Waals surface area contributed by atoms with Crippen molar-refractivity contribution in [3.05, 3.63) is 41.5 Å². The van der Waals surface area contributed by atoms with Gasteiger partial charge in [0.1, 0.15) is 0 Å². The molecule has 1 aromatic carbocycles. The second-order valence-corrected chi connectivity index (χ2v) is 3.31. The number of carboxylic acids is 1. The lowest BCUT2D eigenvalue weighted by atomic mass is 9.98. The van der Waals surface area contributed by atoms with E-state index < -0.39 is 5.97 Å². The third-order valence-corrected chi connectivity index (χ3v) is 2.29. The lowest BCUT2D eigenvalue weighted by Gasteiger charge is -2.08. The van der Waals surface area contributed by atoms with Crippen LogP contribution in [0.1, 0.15) is 18.9 Å². The van der Waals surface area contributed by atoms with Gasteiger partial charge in [0.25, 0.3) is 0 Å². The fraction of sp³-hybridized carbons (Fsp3) is 0.250. The van der Waals surface area contributed by atoms with Gasteiger partial charge in [-0.3, -0.25) is 0 Å². The van der Waals surface area contributed by atoms with E-state index in [4.69, 9.17) is 10.8 Å². The Balaban J connectivity index is 3.14. The first-order chi connectivity index (χ1) is 7.16. The summed E-state index contributed by atoms with van der Waals surface area (Å²) >= 11 is 0. The van der Waals surface area contributed by atoms with Gasteiger partial charge in [0.05, 0.1) is 0 Å². The molecule has 3 heteroatoms. The lowest BCUT2D eigenvalue weighted by Crippen LogP contribution is -2.06. The third-order valence-electron chi connectivity index (χ3n) is 2.29. The summed E-state index contributed by atoms with van der Waals surface area (Å²) in [7, 11) is 0. The van der Waals surface area contributed by atoms with Crippen molar-refractivity contribution < 1.29 is 9.90 Å². The quantitative estimate of drug-likeness (QED) is 0.738. The molecule has 0 heterocycles. The van der Waals surface area contributed by atoms with Crippen LogP contribution in [0.5, 0.6) is 0 Å². The van der Waals surface area contributed by atoms with E-state index in [0.29, 0.717) is 18.5 Å². The summed E-state index contributed by atoms with van der Waals surface area (Å²) in [6.07, 6.45) is 0.585. The summed E-state index contributed by atoms with van der Waals surface area (Å²) in [6, 6.07) is 9.48. The summed E-state index contributed by atoms with van der Waals surface area (Å²) in [5, 5.41) is 8.94. The first kappa shape index (κ1) is 11.5. The van der Waals surface area contributed by atoms with E-state index in [1.807, 2.05) is 30.3 Å². The van der Waals surface area contributed by atoms with Gasteiger partial charge in [0.15, 0.2) is 0 Å². The Morgan fingerprint density at radius 1 is 1.33 bits per heavy atom. The molecule has 0 amide bonds. The van der Waals surface area contributed by atoms with Gasteiger partial charge < -0.3 is 10.8 Å². The number of carboxylic acid groups (broad SMARTS) is 1. The molecule has 3 nitrogen and oxygen atoms in total. The van der Waals surface area contributed by atoms with Gasteiger partial charge in [-0.25, -0.2) is 4.79 Å². The zero-order chi connectivity index (χ0) is 11.3. The molecular formula is C12H15NO2. The number of rotatable bonds is 4. The number of benzene rings is 1. The number of nitrogens with two attached hydrogens (primary N) is 1. The highest BCUT2D eigenvalue weighted by atomic mass is 16.4. The SMILES string of the molecule is CC(C(=O)O)=C(CCN)c1ccccc1. The summed E-state index contributed by atoms with van der Waals surface area (Å²) in [5.41, 5.74) is 7.59. The van der Waals surface area contributed by atoms with E-state index in [-0.39, 0.29) is 0 Å². The first-order valence-corrected chi connectivity index (χ1v) is 4.85. The van der Waals surface area contributed by atoms with Crippen molar-refractivity contribution >= 4 is 11.5 Å². The van der Waals surface area contributed by atoms with E-state index in [9.17, 15) is 4.79 Å². The van der Waals surface area contributed by atoms with Crippen molar-refractivity contribution in [2.24, 2.45) is 5.73 Å². The molecule has 0 bridgehead atoms.